The molecule has 0 aliphatic heterocycles. The van der Waals surface area contributed by atoms with E-state index in [1.807, 2.05) is 0 Å². The Morgan fingerprint density at radius 1 is 0.774 bits per heavy atom. The van der Waals surface area contributed by atoms with E-state index in [1.54, 1.807) is 0 Å². The summed E-state index contributed by atoms with van der Waals surface area (Å²) in [6.07, 6.45) is 5.53. The van der Waals surface area contributed by atoms with Crippen molar-refractivity contribution >= 4 is 0 Å². The van der Waals surface area contributed by atoms with Crippen LogP contribution in [0.15, 0.2) is 97.2 Å². The lowest BCUT2D eigenvalue weighted by atomic mass is 9.96. The predicted molar refractivity (Wildman–Crippen MR) is 128 cm³/mol. The van der Waals surface area contributed by atoms with Crippen LogP contribution in [0.5, 0.6) is 0 Å². The molecule has 0 spiro atoms. The summed E-state index contributed by atoms with van der Waals surface area (Å²) in [5.41, 5.74) is 5.54. The summed E-state index contributed by atoms with van der Waals surface area (Å²) in [6.45, 7) is 6.57. The van der Waals surface area contributed by atoms with Crippen molar-refractivity contribution in [2.75, 3.05) is 0 Å². The molecule has 0 bridgehead atoms. The Morgan fingerprint density at radius 3 is 1.97 bits per heavy atom. The highest BCUT2D eigenvalue weighted by Crippen LogP contribution is 2.22. The quantitative estimate of drug-likeness (QED) is 0.292. The molecule has 0 aliphatic carbocycles. The van der Waals surface area contributed by atoms with Gasteiger partial charge in [0, 0.05) is 6.42 Å². The lowest BCUT2D eigenvalue weighted by molar-refractivity contribution is -0.703. The van der Waals surface area contributed by atoms with E-state index in [9.17, 15) is 0 Å². The minimum atomic E-state index is 0.477. The van der Waals surface area contributed by atoms with Gasteiger partial charge in [0.05, 0.1) is 13.0 Å². The lowest BCUT2D eigenvalue weighted by Crippen LogP contribution is -2.37. The summed E-state index contributed by atoms with van der Waals surface area (Å²) < 4.78 is 5.06. The molecule has 1 heterocycles. The van der Waals surface area contributed by atoms with Gasteiger partial charge >= 0.3 is 0 Å². The number of hydrogen-bond donors (Lipinski definition) is 0. The third-order valence-electron chi connectivity index (χ3n) is 6.03. The molecule has 0 N–H and O–H groups in total. The van der Waals surface area contributed by atoms with Crippen LogP contribution >= 0.6 is 0 Å². The molecule has 158 valence electrons. The van der Waals surface area contributed by atoms with E-state index in [0.717, 1.165) is 32.4 Å². The number of aromatic nitrogens is 2. The van der Waals surface area contributed by atoms with Crippen molar-refractivity contribution in [2.45, 2.75) is 52.1 Å². The Kier molecular flexibility index (Phi) is 6.99. The average Bonchev–Trinajstić information content (AvgIpc) is 3.11. The normalized spacial score (nSPS) is 12.1. The molecule has 1 aromatic heterocycles. The number of benzene rings is 3. The minimum Gasteiger partial charge on any atom is -0.234 e. The van der Waals surface area contributed by atoms with E-state index >= 15 is 0 Å². The Morgan fingerprint density at radius 2 is 1.35 bits per heavy atom. The largest absolute Gasteiger partial charge is 0.261 e. The molecule has 0 saturated carbocycles. The molecular formula is C29H33N2+. The number of imidazole rings is 1. The van der Waals surface area contributed by atoms with E-state index in [4.69, 9.17) is 0 Å². The van der Waals surface area contributed by atoms with Crippen molar-refractivity contribution in [1.82, 2.24) is 4.57 Å². The van der Waals surface area contributed by atoms with Gasteiger partial charge in [0.2, 0.25) is 0 Å². The summed E-state index contributed by atoms with van der Waals surface area (Å²) in [5, 5.41) is 0. The lowest BCUT2D eigenvalue weighted by Gasteiger charge is -2.12. The molecule has 4 rings (SSSR count). The van der Waals surface area contributed by atoms with Gasteiger partial charge in [0.15, 0.2) is 0 Å². The van der Waals surface area contributed by atoms with Crippen LogP contribution in [-0.4, -0.2) is 4.57 Å². The van der Waals surface area contributed by atoms with E-state index in [1.165, 1.54) is 28.2 Å². The van der Waals surface area contributed by atoms with Gasteiger partial charge in [-0.1, -0.05) is 105 Å². The predicted octanol–water partition coefficient (Wildman–Crippen LogP) is 6.17. The average molecular weight is 410 g/mol. The van der Waals surface area contributed by atoms with Gasteiger partial charge in [0.25, 0.3) is 5.82 Å². The Bertz CT molecular complexity index is 1070. The zero-order chi connectivity index (χ0) is 21.5. The molecule has 1 atom stereocenters. The van der Waals surface area contributed by atoms with E-state index in [0.29, 0.717) is 5.92 Å². The highest BCUT2D eigenvalue weighted by Gasteiger charge is 2.25. The number of hydrogen-bond acceptors (Lipinski definition) is 0. The van der Waals surface area contributed by atoms with Crippen LogP contribution in [0.4, 0.5) is 0 Å². The highest BCUT2D eigenvalue weighted by atomic mass is 15.2. The van der Waals surface area contributed by atoms with Crippen molar-refractivity contribution in [2.24, 2.45) is 0 Å². The van der Waals surface area contributed by atoms with Crippen molar-refractivity contribution < 1.29 is 4.57 Å². The van der Waals surface area contributed by atoms with Gasteiger partial charge in [-0.25, -0.2) is 9.13 Å². The van der Waals surface area contributed by atoms with Crippen LogP contribution in [0.1, 0.15) is 54.4 Å². The summed E-state index contributed by atoms with van der Waals surface area (Å²) in [4.78, 5) is 0. The first kappa shape index (κ1) is 21.1. The molecule has 2 heteroatoms. The van der Waals surface area contributed by atoms with Crippen LogP contribution in [0, 0.1) is 0 Å². The fraction of sp³-hybridized carbons (Fsp3) is 0.276. The fourth-order valence-electron chi connectivity index (χ4n) is 4.39. The Hall–Kier alpha value is -3.13. The zero-order valence-electron chi connectivity index (χ0n) is 18.7. The summed E-state index contributed by atoms with van der Waals surface area (Å²) >= 11 is 0. The molecule has 0 saturated heterocycles. The molecule has 3 aromatic carbocycles. The second kappa shape index (κ2) is 10.3. The van der Waals surface area contributed by atoms with Gasteiger partial charge in [0.1, 0.15) is 18.4 Å². The van der Waals surface area contributed by atoms with Crippen LogP contribution in [-0.2, 0) is 25.9 Å². The number of nitrogens with zero attached hydrogens (tertiary/aromatic N) is 2. The maximum atomic E-state index is 2.57. The molecule has 1 unspecified atom stereocenters. The summed E-state index contributed by atoms with van der Waals surface area (Å²) in [6, 6.07) is 32.6. The second-order valence-corrected chi connectivity index (χ2v) is 8.48. The number of rotatable bonds is 9. The molecular weight excluding hydrogens is 376 g/mol. The van der Waals surface area contributed by atoms with Crippen LogP contribution in [0.3, 0.4) is 0 Å². The van der Waals surface area contributed by atoms with Gasteiger partial charge in [-0.3, -0.25) is 0 Å². The first-order valence-corrected chi connectivity index (χ1v) is 11.5. The molecule has 4 aromatic rings. The van der Waals surface area contributed by atoms with Gasteiger partial charge in [-0.15, -0.1) is 0 Å². The molecule has 0 fully saturated rings. The van der Waals surface area contributed by atoms with E-state index < -0.39 is 0 Å². The Balaban J connectivity index is 1.74. The number of aryl methyl sites for hydroxylation is 1. The van der Waals surface area contributed by atoms with E-state index in [-0.39, 0.29) is 0 Å². The smallest absolute Gasteiger partial charge is 0.234 e. The second-order valence-electron chi connectivity index (χ2n) is 8.48. The third kappa shape index (κ3) is 5.32. The van der Waals surface area contributed by atoms with Crippen molar-refractivity contribution in [3.05, 3.63) is 125 Å². The summed E-state index contributed by atoms with van der Waals surface area (Å²) in [5.74, 6) is 1.87. The SMILES string of the molecule is CCC[n+]1cc(CC(C)c2ccccc2)n(Cc2ccccc2)c1Cc1ccccc1. The highest BCUT2D eigenvalue weighted by molar-refractivity contribution is 5.24. The molecule has 0 radical (unpaired) electrons. The maximum absolute atomic E-state index is 2.57. The van der Waals surface area contributed by atoms with Gasteiger partial charge in [-0.2, -0.15) is 0 Å². The molecule has 2 nitrogen and oxygen atoms in total. The van der Waals surface area contributed by atoms with Crippen LogP contribution in [0.2, 0.25) is 0 Å². The molecule has 31 heavy (non-hydrogen) atoms. The fourth-order valence-corrected chi connectivity index (χ4v) is 4.39. The Labute approximate surface area is 186 Å². The van der Waals surface area contributed by atoms with Crippen molar-refractivity contribution in [3.63, 3.8) is 0 Å². The maximum Gasteiger partial charge on any atom is 0.261 e. The van der Waals surface area contributed by atoms with Gasteiger partial charge in [-0.05, 0) is 29.0 Å². The van der Waals surface area contributed by atoms with Crippen LogP contribution in [0.25, 0.3) is 0 Å². The molecule has 0 amide bonds. The van der Waals surface area contributed by atoms with Crippen molar-refractivity contribution in [3.8, 4) is 0 Å². The van der Waals surface area contributed by atoms with Crippen LogP contribution < -0.4 is 4.57 Å². The van der Waals surface area contributed by atoms with E-state index in [2.05, 4.69) is 120 Å². The topological polar surface area (TPSA) is 8.81 Å². The molecule has 0 aliphatic rings. The van der Waals surface area contributed by atoms with Gasteiger partial charge < -0.3 is 0 Å². The monoisotopic (exact) mass is 409 g/mol. The minimum absolute atomic E-state index is 0.477. The third-order valence-corrected chi connectivity index (χ3v) is 6.03. The standard InChI is InChI=1S/C29H33N2/c1-3-19-30-23-28(20-24(2)27-17-11-6-12-18-27)31(22-26-15-9-5-10-16-26)29(30)21-25-13-7-4-8-14-25/h4-18,23-24H,3,19-22H2,1-2H3/q+1. The van der Waals surface area contributed by atoms with Crippen molar-refractivity contribution in [1.29, 1.82) is 0 Å². The first-order valence-electron chi connectivity index (χ1n) is 11.5. The summed E-state index contributed by atoms with van der Waals surface area (Å²) in [7, 11) is 0. The first-order chi connectivity index (χ1) is 15.2. The zero-order valence-corrected chi connectivity index (χ0v) is 18.7.